The Kier molecular flexibility index (Phi) is 11.9. The molecule has 0 aromatic carbocycles. The topological polar surface area (TPSA) is 40.5 Å². The molecule has 0 rings (SSSR count). The zero-order valence-electron chi connectivity index (χ0n) is 8.45. The summed E-state index contributed by atoms with van der Waals surface area (Å²) in [6.07, 6.45) is 3.26. The first-order valence-electron chi connectivity index (χ1n) is 4.70. The fourth-order valence-electron chi connectivity index (χ4n) is 1.00. The molecule has 1 amide bonds. The maximum atomic E-state index is 10.6. The molecule has 0 aliphatic heterocycles. The molecule has 0 aromatic heterocycles. The van der Waals surface area contributed by atoms with Gasteiger partial charge < -0.3 is 10.0 Å². The van der Waals surface area contributed by atoms with Gasteiger partial charge in [0.05, 0.1) is 0 Å². The van der Waals surface area contributed by atoms with Crippen LogP contribution >= 0.6 is 0 Å². The van der Waals surface area contributed by atoms with Gasteiger partial charge in [-0.15, -0.1) is 0 Å². The van der Waals surface area contributed by atoms with Crippen LogP contribution in [0, 0.1) is 0 Å². The maximum absolute atomic E-state index is 10.6. The molecule has 13 heavy (non-hydrogen) atoms. The van der Waals surface area contributed by atoms with Gasteiger partial charge in [-0.2, -0.15) is 0 Å². The van der Waals surface area contributed by atoms with Gasteiger partial charge in [-0.05, 0) is 12.8 Å². The molecule has 0 atom stereocenters. The molecule has 0 spiro atoms. The minimum Gasteiger partial charge on any atom is -0.465 e. The molecule has 0 aliphatic rings. The average Bonchev–Trinajstić information content (AvgIpc) is 2.04. The molecule has 3 nitrogen and oxygen atoms in total. The minimum absolute atomic E-state index is 0. The second kappa shape index (κ2) is 10.0. The Morgan fingerprint density at radius 3 is 1.77 bits per heavy atom. The number of carbonyl (C=O) groups is 1. The SMILES string of the molecule is CCCCN(CCCC)C(=O)O.[Mo]. The van der Waals surface area contributed by atoms with Crippen LogP contribution in [0.3, 0.4) is 0 Å². The van der Waals surface area contributed by atoms with E-state index < -0.39 is 6.09 Å². The van der Waals surface area contributed by atoms with Crippen LogP contribution in [-0.4, -0.2) is 29.2 Å². The number of nitrogens with zero attached hydrogens (tertiary/aromatic N) is 1. The van der Waals surface area contributed by atoms with Gasteiger partial charge in [0.1, 0.15) is 0 Å². The third-order valence-corrected chi connectivity index (χ3v) is 1.83. The van der Waals surface area contributed by atoms with E-state index in [0.29, 0.717) is 13.1 Å². The number of rotatable bonds is 6. The summed E-state index contributed by atoms with van der Waals surface area (Å²) in [6, 6.07) is 0. The van der Waals surface area contributed by atoms with Crippen LogP contribution in [0.15, 0.2) is 0 Å². The largest absolute Gasteiger partial charge is 0.465 e. The number of carboxylic acid groups (broad SMARTS) is 1. The predicted octanol–water partition coefficient (Wildman–Crippen LogP) is 2.56. The van der Waals surface area contributed by atoms with Crippen LogP contribution in [0.1, 0.15) is 39.5 Å². The van der Waals surface area contributed by atoms with Gasteiger partial charge in [0.15, 0.2) is 0 Å². The monoisotopic (exact) mass is 271 g/mol. The quantitative estimate of drug-likeness (QED) is 0.753. The predicted molar refractivity (Wildman–Crippen MR) is 49.4 cm³/mol. The smallest absolute Gasteiger partial charge is 0.407 e. The van der Waals surface area contributed by atoms with Crippen LogP contribution in [0.2, 0.25) is 0 Å². The van der Waals surface area contributed by atoms with E-state index in [1.165, 1.54) is 4.90 Å². The number of amides is 1. The molecule has 0 unspecified atom stereocenters. The summed E-state index contributed by atoms with van der Waals surface area (Å²) < 4.78 is 0. The molecule has 1 N–H and O–H groups in total. The van der Waals surface area contributed by atoms with E-state index >= 15 is 0 Å². The third kappa shape index (κ3) is 8.29. The standard InChI is InChI=1S/C9H19NO2.Mo/c1-3-5-7-10(9(11)12)8-6-4-2;/h3-8H2,1-2H3,(H,11,12);. The first kappa shape index (κ1) is 15.4. The van der Waals surface area contributed by atoms with E-state index in [1.54, 1.807) is 0 Å². The van der Waals surface area contributed by atoms with Crippen molar-refractivity contribution >= 4 is 6.09 Å². The summed E-state index contributed by atoms with van der Waals surface area (Å²) in [6.45, 7) is 5.51. The summed E-state index contributed by atoms with van der Waals surface area (Å²) >= 11 is 0. The molecular formula is C9H19MoNO2. The van der Waals surface area contributed by atoms with Gasteiger partial charge in [0.2, 0.25) is 0 Å². The van der Waals surface area contributed by atoms with Gasteiger partial charge in [-0.1, -0.05) is 26.7 Å². The van der Waals surface area contributed by atoms with Crippen molar-refractivity contribution in [1.29, 1.82) is 0 Å². The number of unbranched alkanes of at least 4 members (excludes halogenated alkanes) is 2. The fourth-order valence-corrected chi connectivity index (χ4v) is 1.00. The van der Waals surface area contributed by atoms with Gasteiger partial charge in [-0.25, -0.2) is 4.79 Å². The van der Waals surface area contributed by atoms with E-state index in [4.69, 9.17) is 5.11 Å². The third-order valence-electron chi connectivity index (χ3n) is 1.83. The van der Waals surface area contributed by atoms with Crippen molar-refractivity contribution in [2.75, 3.05) is 13.1 Å². The molecular weight excluding hydrogens is 250 g/mol. The first-order valence-corrected chi connectivity index (χ1v) is 4.70. The van der Waals surface area contributed by atoms with E-state index in [-0.39, 0.29) is 21.1 Å². The summed E-state index contributed by atoms with van der Waals surface area (Å²) in [5.74, 6) is 0. The Balaban J connectivity index is 0. The Hall–Kier alpha value is -0.0417. The van der Waals surface area contributed by atoms with Gasteiger partial charge >= 0.3 is 6.09 Å². The second-order valence-electron chi connectivity index (χ2n) is 2.98. The van der Waals surface area contributed by atoms with Crippen LogP contribution in [0.5, 0.6) is 0 Å². The minimum atomic E-state index is -0.781. The van der Waals surface area contributed by atoms with Crippen molar-refractivity contribution in [3.05, 3.63) is 0 Å². The maximum Gasteiger partial charge on any atom is 0.407 e. The molecule has 0 fully saturated rings. The molecule has 0 heterocycles. The fraction of sp³-hybridized carbons (Fsp3) is 0.889. The van der Waals surface area contributed by atoms with Crippen molar-refractivity contribution in [2.45, 2.75) is 39.5 Å². The number of hydrogen-bond donors (Lipinski definition) is 1. The van der Waals surface area contributed by atoms with E-state index in [2.05, 4.69) is 13.8 Å². The summed E-state index contributed by atoms with van der Waals surface area (Å²) in [5.41, 5.74) is 0. The van der Waals surface area contributed by atoms with Crippen molar-refractivity contribution in [3.63, 3.8) is 0 Å². The van der Waals surface area contributed by atoms with Crippen molar-refractivity contribution in [3.8, 4) is 0 Å². The van der Waals surface area contributed by atoms with Gasteiger partial charge in [-0.3, -0.25) is 0 Å². The average molecular weight is 269 g/mol. The van der Waals surface area contributed by atoms with Crippen molar-refractivity contribution in [1.82, 2.24) is 4.90 Å². The zero-order valence-corrected chi connectivity index (χ0v) is 10.5. The molecule has 4 heteroatoms. The molecule has 0 aromatic rings. The van der Waals surface area contributed by atoms with Crippen LogP contribution in [-0.2, 0) is 21.1 Å². The second-order valence-corrected chi connectivity index (χ2v) is 2.98. The molecule has 0 saturated carbocycles. The Morgan fingerprint density at radius 1 is 1.15 bits per heavy atom. The van der Waals surface area contributed by atoms with Gasteiger partial charge in [0, 0.05) is 34.2 Å². The Labute approximate surface area is 94.8 Å². The molecule has 0 saturated heterocycles. The van der Waals surface area contributed by atoms with Crippen molar-refractivity contribution < 1.29 is 31.0 Å². The number of hydrogen-bond acceptors (Lipinski definition) is 1. The Morgan fingerprint density at radius 2 is 1.54 bits per heavy atom. The Bertz CT molecular complexity index is 123. The summed E-state index contributed by atoms with van der Waals surface area (Å²) in [7, 11) is 0. The molecule has 0 aliphatic carbocycles. The van der Waals surface area contributed by atoms with E-state index in [1.807, 2.05) is 0 Å². The normalized spacial score (nSPS) is 9.08. The van der Waals surface area contributed by atoms with Crippen LogP contribution < -0.4 is 0 Å². The van der Waals surface area contributed by atoms with Crippen molar-refractivity contribution in [2.24, 2.45) is 0 Å². The molecule has 78 valence electrons. The molecule has 0 bridgehead atoms. The van der Waals surface area contributed by atoms with Crippen LogP contribution in [0.4, 0.5) is 4.79 Å². The zero-order chi connectivity index (χ0) is 9.40. The van der Waals surface area contributed by atoms with Gasteiger partial charge in [0.25, 0.3) is 0 Å². The van der Waals surface area contributed by atoms with Crippen LogP contribution in [0.25, 0.3) is 0 Å². The summed E-state index contributed by atoms with van der Waals surface area (Å²) in [5, 5.41) is 8.75. The first-order chi connectivity index (χ1) is 5.72. The summed E-state index contributed by atoms with van der Waals surface area (Å²) in [4.78, 5) is 12.1. The molecule has 0 radical (unpaired) electrons. The van der Waals surface area contributed by atoms with E-state index in [0.717, 1.165) is 25.7 Å². The van der Waals surface area contributed by atoms with E-state index in [9.17, 15) is 4.79 Å².